The number of ether oxygens (including phenoxy) is 4. The fourth-order valence-electron chi connectivity index (χ4n) is 3.03. The van der Waals surface area contributed by atoms with Gasteiger partial charge in [-0.3, -0.25) is 19.2 Å². The number of aliphatic hydroxyl groups is 2. The number of hydrogen-bond donors (Lipinski definition) is 2. The van der Waals surface area contributed by atoms with Crippen LogP contribution in [0.1, 0.15) is 71.1 Å². The first-order chi connectivity index (χ1) is 13.2. The van der Waals surface area contributed by atoms with Gasteiger partial charge in [-0.1, -0.05) is 13.3 Å². The number of carbonyl (C=O) groups excluding carboxylic acids is 4. The van der Waals surface area contributed by atoms with Gasteiger partial charge in [0.25, 0.3) is 0 Å². The summed E-state index contributed by atoms with van der Waals surface area (Å²) in [6, 6.07) is 0. The Bertz CT molecular complexity index is 595. The summed E-state index contributed by atoms with van der Waals surface area (Å²) in [6.45, 7) is 1.69. The minimum absolute atomic E-state index is 0.0123. The third-order valence-electron chi connectivity index (χ3n) is 4.51. The predicted molar refractivity (Wildman–Crippen MR) is 89.9 cm³/mol. The van der Waals surface area contributed by atoms with E-state index < -0.39 is 41.7 Å². The highest BCUT2D eigenvalue weighted by atomic mass is 16.9. The minimum atomic E-state index is -3.36. The molecule has 0 radical (unpaired) electrons. The Hall–Kier alpha value is -2.20. The lowest BCUT2D eigenvalue weighted by molar-refractivity contribution is -0.459. The topological polar surface area (TPSA) is 146 Å². The Kier molecular flexibility index (Phi) is 7.36. The Morgan fingerprint density at radius 3 is 1.68 bits per heavy atom. The largest absolute Gasteiger partial charge is 0.455 e. The van der Waals surface area contributed by atoms with E-state index in [0.29, 0.717) is 25.7 Å². The molecule has 2 unspecified atom stereocenters. The van der Waals surface area contributed by atoms with Crippen molar-refractivity contribution in [1.82, 2.24) is 0 Å². The van der Waals surface area contributed by atoms with Gasteiger partial charge < -0.3 is 29.2 Å². The summed E-state index contributed by atoms with van der Waals surface area (Å²) in [4.78, 5) is 48.4. The molecule has 2 N–H and O–H groups in total. The van der Waals surface area contributed by atoms with Crippen LogP contribution < -0.4 is 0 Å². The summed E-state index contributed by atoms with van der Waals surface area (Å²) in [5.74, 6) is -10.1. The van der Waals surface area contributed by atoms with Gasteiger partial charge >= 0.3 is 35.6 Å². The van der Waals surface area contributed by atoms with Crippen LogP contribution in [0.15, 0.2) is 0 Å². The van der Waals surface area contributed by atoms with Crippen LogP contribution in [0.4, 0.5) is 0 Å². The summed E-state index contributed by atoms with van der Waals surface area (Å²) >= 11 is 0. The van der Waals surface area contributed by atoms with Gasteiger partial charge in [0.05, 0.1) is 0 Å². The quantitative estimate of drug-likeness (QED) is 0.513. The third-order valence-corrected chi connectivity index (χ3v) is 4.51. The predicted octanol–water partition coefficient (Wildman–Crippen LogP) is 0.811. The summed E-state index contributed by atoms with van der Waals surface area (Å²) in [5, 5.41) is 22.1. The van der Waals surface area contributed by atoms with Gasteiger partial charge in [0, 0.05) is 25.7 Å². The van der Waals surface area contributed by atoms with Crippen molar-refractivity contribution in [3.63, 3.8) is 0 Å². The van der Waals surface area contributed by atoms with E-state index in [4.69, 9.17) is 18.9 Å². The third kappa shape index (κ3) is 5.20. The van der Waals surface area contributed by atoms with Crippen molar-refractivity contribution in [2.75, 3.05) is 0 Å². The second kappa shape index (κ2) is 9.33. The van der Waals surface area contributed by atoms with E-state index in [9.17, 15) is 29.4 Å². The van der Waals surface area contributed by atoms with Crippen molar-refractivity contribution < 1.29 is 48.3 Å². The minimum Gasteiger partial charge on any atom is -0.455 e. The lowest BCUT2D eigenvalue weighted by Crippen LogP contribution is -2.68. The molecule has 0 spiro atoms. The molecule has 0 saturated carbocycles. The maximum absolute atomic E-state index is 12.2. The van der Waals surface area contributed by atoms with Crippen molar-refractivity contribution in [1.29, 1.82) is 0 Å². The van der Waals surface area contributed by atoms with E-state index >= 15 is 0 Å². The van der Waals surface area contributed by atoms with Crippen molar-refractivity contribution in [2.24, 2.45) is 0 Å². The first-order valence-electron chi connectivity index (χ1n) is 9.50. The maximum atomic E-state index is 12.2. The molecule has 2 fully saturated rings. The number of cyclic esters (lactones) is 4. The van der Waals surface area contributed by atoms with Crippen LogP contribution in [0, 0.1) is 0 Å². The van der Waals surface area contributed by atoms with Crippen molar-refractivity contribution in [3.05, 3.63) is 0 Å². The van der Waals surface area contributed by atoms with Gasteiger partial charge in [-0.2, -0.15) is 0 Å². The average molecular weight is 402 g/mol. The molecule has 2 aliphatic heterocycles. The highest BCUT2D eigenvalue weighted by Gasteiger charge is 2.66. The molecule has 158 valence electrons. The van der Waals surface area contributed by atoms with Gasteiger partial charge in [0.1, 0.15) is 0 Å². The highest BCUT2D eigenvalue weighted by Crippen LogP contribution is 2.37. The molecule has 2 rings (SSSR count). The Labute approximate surface area is 162 Å². The monoisotopic (exact) mass is 402 g/mol. The summed E-state index contributed by atoms with van der Waals surface area (Å²) < 4.78 is 20.0. The van der Waals surface area contributed by atoms with E-state index in [-0.39, 0.29) is 38.5 Å². The zero-order chi connectivity index (χ0) is 20.8. The molecule has 0 aliphatic carbocycles. The standard InChI is InChI=1S/C18H26O10/c1-2-7-12-17(23,26-14(20)9-4-3-8-13(19)25-12)18(24)27-15(21)10-5-6-11-16(22)28-18/h12,23-24H,2-11H2,1H3. The molecule has 2 saturated heterocycles. The fourth-order valence-corrected chi connectivity index (χ4v) is 3.03. The van der Waals surface area contributed by atoms with Gasteiger partial charge in [-0.15, -0.1) is 0 Å². The van der Waals surface area contributed by atoms with E-state index in [2.05, 4.69) is 0 Å². The van der Waals surface area contributed by atoms with E-state index in [1.54, 1.807) is 6.92 Å². The van der Waals surface area contributed by atoms with Crippen LogP contribution in [-0.4, -0.2) is 52.0 Å². The zero-order valence-corrected chi connectivity index (χ0v) is 15.8. The van der Waals surface area contributed by atoms with Crippen LogP contribution in [0.25, 0.3) is 0 Å². The van der Waals surface area contributed by atoms with Crippen molar-refractivity contribution in [2.45, 2.75) is 89.0 Å². The van der Waals surface area contributed by atoms with Crippen LogP contribution in [0.5, 0.6) is 0 Å². The van der Waals surface area contributed by atoms with E-state index in [1.165, 1.54) is 0 Å². The smallest absolute Gasteiger partial charge is 0.447 e. The summed E-state index contributed by atoms with van der Waals surface area (Å²) in [5.41, 5.74) is 0. The van der Waals surface area contributed by atoms with E-state index in [0.717, 1.165) is 0 Å². The molecule has 2 aliphatic rings. The first-order valence-corrected chi connectivity index (χ1v) is 9.50. The van der Waals surface area contributed by atoms with Crippen LogP contribution in [0.2, 0.25) is 0 Å². The van der Waals surface area contributed by atoms with Gasteiger partial charge in [0.2, 0.25) is 0 Å². The zero-order valence-electron chi connectivity index (χ0n) is 15.8. The Balaban J connectivity index is 2.49. The van der Waals surface area contributed by atoms with Crippen LogP contribution >= 0.6 is 0 Å². The normalized spacial score (nSPS) is 29.9. The summed E-state index contributed by atoms with van der Waals surface area (Å²) in [6.07, 6.45) is -0.567. The molecule has 0 bridgehead atoms. The number of esters is 4. The highest BCUT2D eigenvalue weighted by molar-refractivity contribution is 5.74. The number of hydrogen-bond acceptors (Lipinski definition) is 10. The molecule has 0 aromatic carbocycles. The number of carbonyl (C=O) groups is 4. The van der Waals surface area contributed by atoms with Crippen LogP contribution in [0.3, 0.4) is 0 Å². The van der Waals surface area contributed by atoms with Crippen LogP contribution in [-0.2, 0) is 38.1 Å². The molecule has 10 nitrogen and oxygen atoms in total. The van der Waals surface area contributed by atoms with Gasteiger partial charge in [-0.25, -0.2) is 0 Å². The van der Waals surface area contributed by atoms with E-state index in [1.807, 2.05) is 0 Å². The molecule has 2 atom stereocenters. The maximum Gasteiger partial charge on any atom is 0.447 e. The molecule has 0 aromatic rings. The molecule has 28 heavy (non-hydrogen) atoms. The lowest BCUT2D eigenvalue weighted by Gasteiger charge is -2.42. The second-order valence-corrected chi connectivity index (χ2v) is 6.88. The average Bonchev–Trinajstić information content (AvgIpc) is 2.67. The molecule has 10 heteroatoms. The first kappa shape index (κ1) is 22.1. The Morgan fingerprint density at radius 2 is 1.21 bits per heavy atom. The van der Waals surface area contributed by atoms with Crippen molar-refractivity contribution in [3.8, 4) is 0 Å². The fraction of sp³-hybridized carbons (Fsp3) is 0.778. The molecular formula is C18H26O10. The molecule has 0 aromatic heterocycles. The second-order valence-electron chi connectivity index (χ2n) is 6.88. The Morgan fingerprint density at radius 1 is 0.786 bits per heavy atom. The van der Waals surface area contributed by atoms with Gasteiger partial charge in [0.15, 0.2) is 6.10 Å². The SMILES string of the molecule is CCCC1OC(=O)CCCCC(=O)OC1(O)C1(O)OC(=O)CCCCC(=O)O1. The lowest BCUT2D eigenvalue weighted by atomic mass is 10.0. The molecule has 0 amide bonds. The number of rotatable bonds is 3. The van der Waals surface area contributed by atoms with Gasteiger partial charge in [-0.05, 0) is 32.1 Å². The summed E-state index contributed by atoms with van der Waals surface area (Å²) in [7, 11) is 0. The molecule has 2 heterocycles. The van der Waals surface area contributed by atoms with Crippen molar-refractivity contribution >= 4 is 23.9 Å². The molecular weight excluding hydrogens is 376 g/mol.